The monoisotopic (exact) mass is 333 g/mol. The Morgan fingerprint density at radius 3 is 2.73 bits per heavy atom. The van der Waals surface area contributed by atoms with Crippen LogP contribution in [0.25, 0.3) is 20.8 Å². The van der Waals surface area contributed by atoms with Crippen LogP contribution < -0.4 is 10.1 Å². The number of hydrogen-bond donors (Lipinski definition) is 0. The second-order valence-electron chi connectivity index (χ2n) is 4.18. The highest BCUT2D eigenvalue weighted by atomic mass is 32.1. The first kappa shape index (κ1) is 14.7. The van der Waals surface area contributed by atoms with E-state index in [0.29, 0.717) is 16.1 Å². The lowest BCUT2D eigenvalue weighted by atomic mass is 10.3. The van der Waals surface area contributed by atoms with Gasteiger partial charge in [0, 0.05) is 15.3 Å². The van der Waals surface area contributed by atoms with Crippen LogP contribution in [0.2, 0.25) is 0 Å². The molecule has 3 aromatic rings. The molecular weight excluding hydrogens is 323 g/mol. The molecule has 0 aliphatic carbocycles. The van der Waals surface area contributed by atoms with Gasteiger partial charge < -0.3 is 0 Å². The molecule has 22 heavy (non-hydrogen) atoms. The van der Waals surface area contributed by atoms with Gasteiger partial charge in [-0.15, -0.1) is 15.9 Å². The second-order valence-corrected chi connectivity index (χ2v) is 6.20. The standard InChI is InChI=1S/C14H10N2O4PS/c1-19-21(18)20-12-8-4-6-10(15-12)14-16-13(17)9-5-2-3-7-11(9)22-14/h2-8H,1H3/q+1. The summed E-state index contributed by atoms with van der Waals surface area (Å²) in [6.07, 6.45) is 0. The highest BCUT2D eigenvalue weighted by Gasteiger charge is 2.20. The third-order valence-corrected chi connectivity index (χ3v) is 4.49. The highest BCUT2D eigenvalue weighted by Crippen LogP contribution is 2.29. The number of fused-ring (bicyclic) bond motifs is 1. The lowest BCUT2D eigenvalue weighted by molar-refractivity contribution is 0.345. The van der Waals surface area contributed by atoms with Crippen LogP contribution in [0.1, 0.15) is 0 Å². The van der Waals surface area contributed by atoms with Crippen LogP contribution in [0, 0.1) is 0 Å². The van der Waals surface area contributed by atoms with Crippen LogP contribution in [-0.4, -0.2) is 17.1 Å². The Morgan fingerprint density at radius 2 is 1.91 bits per heavy atom. The zero-order valence-corrected chi connectivity index (χ0v) is 13.1. The van der Waals surface area contributed by atoms with Gasteiger partial charge in [-0.2, -0.15) is 4.98 Å². The maximum Gasteiger partial charge on any atom is 0.751 e. The quantitative estimate of drug-likeness (QED) is 0.681. The van der Waals surface area contributed by atoms with E-state index in [9.17, 15) is 9.36 Å². The molecule has 0 bridgehead atoms. The lowest BCUT2D eigenvalue weighted by Gasteiger charge is -2.01. The minimum absolute atomic E-state index is 0.148. The van der Waals surface area contributed by atoms with Crippen LogP contribution in [0.15, 0.2) is 47.3 Å². The average molecular weight is 333 g/mol. The fraction of sp³-hybridized carbons (Fsp3) is 0.0714. The van der Waals surface area contributed by atoms with E-state index in [2.05, 4.69) is 14.5 Å². The molecule has 0 radical (unpaired) electrons. The molecule has 1 atom stereocenters. The van der Waals surface area contributed by atoms with E-state index in [4.69, 9.17) is 4.52 Å². The van der Waals surface area contributed by atoms with Crippen molar-refractivity contribution in [2.45, 2.75) is 0 Å². The van der Waals surface area contributed by atoms with Crippen molar-refractivity contribution in [1.29, 1.82) is 0 Å². The number of nitrogens with zero attached hydrogens (tertiary/aromatic N) is 2. The fourth-order valence-electron chi connectivity index (χ4n) is 1.82. The molecule has 0 spiro atoms. The van der Waals surface area contributed by atoms with Gasteiger partial charge in [-0.05, 0) is 18.2 Å². The van der Waals surface area contributed by atoms with Crippen molar-refractivity contribution in [1.82, 2.24) is 9.97 Å². The number of hydrogen-bond acceptors (Lipinski definition) is 7. The topological polar surface area (TPSA) is 78.4 Å². The predicted molar refractivity (Wildman–Crippen MR) is 84.4 cm³/mol. The summed E-state index contributed by atoms with van der Waals surface area (Å²) in [5, 5.41) is 1.05. The summed E-state index contributed by atoms with van der Waals surface area (Å²) in [6.45, 7) is 0. The molecule has 0 N–H and O–H groups in total. The third-order valence-electron chi connectivity index (χ3n) is 2.79. The molecule has 6 nitrogen and oxygen atoms in total. The van der Waals surface area contributed by atoms with Gasteiger partial charge in [-0.1, -0.05) is 18.2 Å². The molecule has 1 aromatic carbocycles. The van der Waals surface area contributed by atoms with Crippen LogP contribution in [0.3, 0.4) is 0 Å². The summed E-state index contributed by atoms with van der Waals surface area (Å²) in [5.41, 5.74) is 0.172. The van der Waals surface area contributed by atoms with Crippen molar-refractivity contribution in [3.05, 3.63) is 52.8 Å². The highest BCUT2D eigenvalue weighted by molar-refractivity contribution is 7.33. The summed E-state index contributed by atoms with van der Waals surface area (Å²) in [7, 11) is -0.985. The van der Waals surface area contributed by atoms with Crippen molar-refractivity contribution < 1.29 is 13.6 Å². The van der Waals surface area contributed by atoms with Gasteiger partial charge >= 0.3 is 8.25 Å². The van der Waals surface area contributed by atoms with Gasteiger partial charge in [0.2, 0.25) is 0 Å². The summed E-state index contributed by atoms with van der Waals surface area (Å²) in [4.78, 5) is 20.3. The van der Waals surface area contributed by atoms with E-state index in [1.807, 2.05) is 12.1 Å². The van der Waals surface area contributed by atoms with E-state index in [1.54, 1.807) is 30.3 Å². The van der Waals surface area contributed by atoms with Gasteiger partial charge in [0.1, 0.15) is 10.7 Å². The molecule has 8 heteroatoms. The maximum atomic E-state index is 12.1. The summed E-state index contributed by atoms with van der Waals surface area (Å²) in [6, 6.07) is 12.2. The number of pyridine rings is 1. The van der Waals surface area contributed by atoms with Crippen molar-refractivity contribution in [3.63, 3.8) is 0 Å². The van der Waals surface area contributed by atoms with E-state index >= 15 is 0 Å². The molecule has 0 fully saturated rings. The molecule has 0 aliphatic heterocycles. The Balaban J connectivity index is 2.06. The number of rotatable bonds is 4. The SMILES string of the molecule is CO[P+](=O)Oc1cccc(-c2nc(=O)c3ccccc3s2)n1. The first-order valence-corrected chi connectivity index (χ1v) is 8.15. The summed E-state index contributed by atoms with van der Waals surface area (Å²) in [5.74, 6) is 0.148. The normalized spacial score (nSPS) is 11.4. The average Bonchev–Trinajstić information content (AvgIpc) is 2.55. The molecule has 2 aromatic heterocycles. The lowest BCUT2D eigenvalue weighted by Crippen LogP contribution is -2.06. The summed E-state index contributed by atoms with van der Waals surface area (Å²) >= 11 is 1.35. The third kappa shape index (κ3) is 3.01. The van der Waals surface area contributed by atoms with Crippen molar-refractivity contribution in [3.8, 4) is 16.6 Å². The van der Waals surface area contributed by atoms with Crippen molar-refractivity contribution in [2.75, 3.05) is 7.11 Å². The van der Waals surface area contributed by atoms with Crippen LogP contribution in [0.4, 0.5) is 0 Å². The molecule has 0 aliphatic rings. The van der Waals surface area contributed by atoms with E-state index < -0.39 is 8.25 Å². The maximum absolute atomic E-state index is 12.1. The predicted octanol–water partition coefficient (Wildman–Crippen LogP) is 3.40. The molecule has 3 rings (SSSR count). The van der Waals surface area contributed by atoms with Crippen LogP contribution in [0.5, 0.6) is 5.88 Å². The van der Waals surface area contributed by atoms with Gasteiger partial charge in [0.05, 0.1) is 12.5 Å². The second kappa shape index (κ2) is 6.27. The number of aromatic nitrogens is 2. The first-order valence-electron chi connectivity index (χ1n) is 6.24. The zero-order chi connectivity index (χ0) is 15.5. The molecule has 0 saturated carbocycles. The molecule has 0 saturated heterocycles. The van der Waals surface area contributed by atoms with Crippen molar-refractivity contribution >= 4 is 29.7 Å². The minimum Gasteiger partial charge on any atom is -0.267 e. The Hall–Kier alpha value is -2.21. The largest absolute Gasteiger partial charge is 0.751 e. The molecule has 110 valence electrons. The Bertz CT molecular complexity index is 912. The minimum atomic E-state index is -2.26. The van der Waals surface area contributed by atoms with Gasteiger partial charge in [-0.25, -0.2) is 9.51 Å². The summed E-state index contributed by atoms with van der Waals surface area (Å²) < 4.78 is 21.7. The van der Waals surface area contributed by atoms with Crippen molar-refractivity contribution in [2.24, 2.45) is 0 Å². The van der Waals surface area contributed by atoms with E-state index in [0.717, 1.165) is 4.70 Å². The smallest absolute Gasteiger partial charge is 0.267 e. The Morgan fingerprint density at radius 1 is 1.09 bits per heavy atom. The van der Waals surface area contributed by atoms with Crippen LogP contribution in [-0.2, 0) is 9.09 Å². The number of benzene rings is 1. The van der Waals surface area contributed by atoms with Gasteiger partial charge in [0.25, 0.3) is 11.4 Å². The first-order chi connectivity index (χ1) is 10.7. The van der Waals surface area contributed by atoms with Gasteiger partial charge in [-0.3, -0.25) is 4.79 Å². The van der Waals surface area contributed by atoms with Crippen LogP contribution >= 0.6 is 19.6 Å². The van der Waals surface area contributed by atoms with E-state index in [-0.39, 0.29) is 11.4 Å². The molecule has 0 amide bonds. The van der Waals surface area contributed by atoms with Gasteiger partial charge in [0.15, 0.2) is 0 Å². The molecule has 2 heterocycles. The zero-order valence-electron chi connectivity index (χ0n) is 11.4. The molecular formula is C14H10N2O4PS+. The Labute approximate surface area is 130 Å². The fourth-order valence-corrected chi connectivity index (χ4v) is 3.12. The molecule has 1 unspecified atom stereocenters. The van der Waals surface area contributed by atoms with E-state index in [1.165, 1.54) is 18.4 Å². The Kier molecular flexibility index (Phi) is 4.20.